The minimum atomic E-state index is -2.99. The molecule has 0 spiro atoms. The van der Waals surface area contributed by atoms with Crippen molar-refractivity contribution in [1.82, 2.24) is 12.3 Å². The molecule has 0 heterocycles. The van der Waals surface area contributed by atoms with E-state index in [1.807, 2.05) is 0 Å². The van der Waals surface area contributed by atoms with Crippen molar-refractivity contribution in [2.45, 2.75) is 18.4 Å². The SMILES string of the molecule is N.N.N#CCC(C(=O)O)C(O)(CC(=O)O)C(=O)O. The van der Waals surface area contributed by atoms with Crippen LogP contribution in [0.2, 0.25) is 0 Å². The van der Waals surface area contributed by atoms with Crippen LogP contribution < -0.4 is 12.3 Å². The van der Waals surface area contributed by atoms with E-state index >= 15 is 0 Å². The second-order valence-corrected chi connectivity index (χ2v) is 3.05. The summed E-state index contributed by atoms with van der Waals surface area (Å²) in [6.07, 6.45) is -2.09. The van der Waals surface area contributed by atoms with E-state index in [9.17, 15) is 19.5 Å². The van der Waals surface area contributed by atoms with Crippen molar-refractivity contribution in [2.75, 3.05) is 0 Å². The number of carboxylic acids is 3. The van der Waals surface area contributed by atoms with Crippen molar-refractivity contribution in [3.05, 3.63) is 0 Å². The minimum Gasteiger partial charge on any atom is -0.481 e. The molecule has 0 fully saturated rings. The number of nitriles is 1. The van der Waals surface area contributed by atoms with Gasteiger partial charge in [-0.05, 0) is 0 Å². The van der Waals surface area contributed by atoms with Crippen LogP contribution >= 0.6 is 0 Å². The summed E-state index contributed by atoms with van der Waals surface area (Å²) < 4.78 is 0. The highest BCUT2D eigenvalue weighted by molar-refractivity contribution is 5.89. The third-order valence-electron chi connectivity index (χ3n) is 1.96. The summed E-state index contributed by atoms with van der Waals surface area (Å²) in [5.41, 5.74) is -2.99. The zero-order chi connectivity index (χ0) is 12.9. The highest BCUT2D eigenvalue weighted by atomic mass is 16.4. The Balaban J connectivity index is -0.00000112. The molecule has 2 atom stereocenters. The van der Waals surface area contributed by atoms with Crippen LogP contribution in [0.4, 0.5) is 0 Å². The third kappa shape index (κ3) is 4.74. The van der Waals surface area contributed by atoms with Gasteiger partial charge in [-0.3, -0.25) is 9.59 Å². The number of aliphatic carboxylic acids is 3. The van der Waals surface area contributed by atoms with Gasteiger partial charge in [0.25, 0.3) is 0 Å². The molecule has 10 N–H and O–H groups in total. The monoisotopic (exact) mass is 265 g/mol. The fourth-order valence-corrected chi connectivity index (χ4v) is 1.13. The van der Waals surface area contributed by atoms with Crippen LogP contribution in [0.3, 0.4) is 0 Å². The Morgan fingerprint density at radius 1 is 1.17 bits per heavy atom. The lowest BCUT2D eigenvalue weighted by molar-refractivity contribution is -0.178. The number of rotatable bonds is 6. The average molecular weight is 265 g/mol. The van der Waals surface area contributed by atoms with E-state index in [0.29, 0.717) is 0 Å². The molecule has 0 aliphatic heterocycles. The number of aliphatic hydroxyl groups is 1. The van der Waals surface area contributed by atoms with Crippen molar-refractivity contribution in [3.8, 4) is 6.07 Å². The van der Waals surface area contributed by atoms with Gasteiger partial charge in [0.2, 0.25) is 0 Å². The molecule has 0 aromatic carbocycles. The van der Waals surface area contributed by atoms with Crippen LogP contribution in [0.5, 0.6) is 0 Å². The molecule has 0 aliphatic carbocycles. The Hall–Kier alpha value is -2.22. The fraction of sp³-hybridized carbons (Fsp3) is 0.500. The van der Waals surface area contributed by atoms with Gasteiger partial charge in [-0.15, -0.1) is 0 Å². The van der Waals surface area contributed by atoms with E-state index in [0.717, 1.165) is 0 Å². The van der Waals surface area contributed by atoms with Crippen molar-refractivity contribution >= 4 is 17.9 Å². The van der Waals surface area contributed by atoms with Gasteiger partial charge in [0.05, 0.1) is 18.9 Å². The summed E-state index contributed by atoms with van der Waals surface area (Å²) in [5.74, 6) is -7.40. The number of hydrogen-bond acceptors (Lipinski definition) is 7. The van der Waals surface area contributed by atoms with Gasteiger partial charge in [-0.25, -0.2) is 4.79 Å². The lowest BCUT2D eigenvalue weighted by atomic mass is 9.82. The first-order valence-electron chi connectivity index (χ1n) is 4.03. The van der Waals surface area contributed by atoms with E-state index in [2.05, 4.69) is 0 Å². The fourth-order valence-electron chi connectivity index (χ4n) is 1.13. The predicted molar refractivity (Wildman–Crippen MR) is 56.2 cm³/mol. The Morgan fingerprint density at radius 2 is 1.61 bits per heavy atom. The number of nitrogens with zero attached hydrogens (tertiary/aromatic N) is 1. The largest absolute Gasteiger partial charge is 0.481 e. The summed E-state index contributed by atoms with van der Waals surface area (Å²) in [5, 5.41) is 43.5. The molecule has 2 unspecified atom stereocenters. The van der Waals surface area contributed by atoms with Crippen LogP contribution in [0.15, 0.2) is 0 Å². The van der Waals surface area contributed by atoms with Crippen molar-refractivity contribution in [3.63, 3.8) is 0 Å². The number of hydrogen-bond donors (Lipinski definition) is 6. The van der Waals surface area contributed by atoms with Gasteiger partial charge in [0, 0.05) is 0 Å². The van der Waals surface area contributed by atoms with Gasteiger partial charge < -0.3 is 32.7 Å². The molecule has 0 radical (unpaired) electrons. The first-order valence-corrected chi connectivity index (χ1v) is 4.03. The van der Waals surface area contributed by atoms with E-state index in [4.69, 9.17) is 20.6 Å². The molecule has 0 aliphatic rings. The van der Waals surface area contributed by atoms with Gasteiger partial charge in [0.15, 0.2) is 5.60 Å². The lowest BCUT2D eigenvalue weighted by Crippen LogP contribution is -2.50. The lowest BCUT2D eigenvalue weighted by Gasteiger charge is -2.26. The smallest absolute Gasteiger partial charge is 0.337 e. The van der Waals surface area contributed by atoms with Gasteiger partial charge >= 0.3 is 17.9 Å². The Bertz CT molecular complexity index is 364. The molecule has 10 nitrogen and oxygen atoms in total. The van der Waals surface area contributed by atoms with E-state index in [1.54, 1.807) is 0 Å². The average Bonchev–Trinajstić information content (AvgIpc) is 2.11. The predicted octanol–water partition coefficient (Wildman–Crippen LogP) is -0.785. The quantitative estimate of drug-likeness (QED) is 0.350. The molecule has 0 rings (SSSR count). The van der Waals surface area contributed by atoms with E-state index < -0.39 is 42.3 Å². The van der Waals surface area contributed by atoms with Crippen molar-refractivity contribution in [2.24, 2.45) is 5.92 Å². The standard InChI is InChI=1S/C8H9NO7.2H3N/c9-2-1-4(6(12)13)8(16,7(14)15)3-5(10)11;;/h4,16H,1,3H2,(H,10,11)(H,12,13)(H,14,15);2*1H3. The second kappa shape index (κ2) is 7.96. The van der Waals surface area contributed by atoms with Crippen molar-refractivity contribution < 1.29 is 34.8 Å². The maximum Gasteiger partial charge on any atom is 0.337 e. The molecular formula is C8H15N3O7. The highest BCUT2D eigenvalue weighted by Gasteiger charge is 2.49. The van der Waals surface area contributed by atoms with E-state index in [-0.39, 0.29) is 12.3 Å². The molecule has 10 heteroatoms. The molecule has 0 saturated heterocycles. The molecule has 18 heavy (non-hydrogen) atoms. The molecule has 0 amide bonds. The normalized spacial score (nSPS) is 13.8. The van der Waals surface area contributed by atoms with Crippen LogP contribution in [-0.2, 0) is 14.4 Å². The second-order valence-electron chi connectivity index (χ2n) is 3.05. The topological polar surface area (TPSA) is 226 Å². The first kappa shape index (κ1) is 21.1. The number of carboxylic acid groups (broad SMARTS) is 3. The highest BCUT2D eigenvalue weighted by Crippen LogP contribution is 2.25. The molecular weight excluding hydrogens is 250 g/mol. The molecule has 0 saturated carbocycles. The summed E-state index contributed by atoms with van der Waals surface area (Å²) in [7, 11) is 0. The Kier molecular flexibility index (Phi) is 9.33. The minimum absolute atomic E-state index is 0. The Labute approximate surface area is 102 Å². The van der Waals surface area contributed by atoms with Crippen molar-refractivity contribution in [1.29, 1.82) is 5.26 Å². The first-order chi connectivity index (χ1) is 7.25. The van der Waals surface area contributed by atoms with Crippen LogP contribution in [0.25, 0.3) is 0 Å². The maximum absolute atomic E-state index is 10.7. The zero-order valence-electron chi connectivity index (χ0n) is 9.37. The zero-order valence-corrected chi connectivity index (χ0v) is 9.37. The van der Waals surface area contributed by atoms with Gasteiger partial charge in [0.1, 0.15) is 5.92 Å². The van der Waals surface area contributed by atoms with Gasteiger partial charge in [-0.1, -0.05) is 0 Å². The summed E-state index contributed by atoms with van der Waals surface area (Å²) in [4.78, 5) is 31.7. The van der Waals surface area contributed by atoms with Crippen LogP contribution in [-0.4, -0.2) is 43.9 Å². The Morgan fingerprint density at radius 3 is 1.83 bits per heavy atom. The summed E-state index contributed by atoms with van der Waals surface area (Å²) in [6.45, 7) is 0. The molecule has 104 valence electrons. The summed E-state index contributed by atoms with van der Waals surface area (Å²) in [6, 6.07) is 1.39. The van der Waals surface area contributed by atoms with E-state index in [1.165, 1.54) is 6.07 Å². The molecule has 0 bridgehead atoms. The molecule has 0 aromatic rings. The number of carbonyl (C=O) groups is 3. The van der Waals surface area contributed by atoms with Crippen LogP contribution in [0, 0.1) is 17.2 Å². The maximum atomic E-state index is 10.7. The third-order valence-corrected chi connectivity index (χ3v) is 1.96. The summed E-state index contributed by atoms with van der Waals surface area (Å²) >= 11 is 0. The molecule has 0 aromatic heterocycles. The van der Waals surface area contributed by atoms with Crippen LogP contribution in [0.1, 0.15) is 12.8 Å². The van der Waals surface area contributed by atoms with Gasteiger partial charge in [-0.2, -0.15) is 5.26 Å².